The predicted octanol–water partition coefficient (Wildman–Crippen LogP) is 4.19. The van der Waals surface area contributed by atoms with Crippen molar-refractivity contribution in [3.8, 4) is 11.6 Å². The number of hydrogen-bond acceptors (Lipinski definition) is 6. The molecule has 1 aliphatic rings. The summed E-state index contributed by atoms with van der Waals surface area (Å²) in [6.07, 6.45) is 4.61. The van der Waals surface area contributed by atoms with Gasteiger partial charge in [-0.25, -0.2) is 9.97 Å². The largest absolute Gasteiger partial charge is 0.431 e. The summed E-state index contributed by atoms with van der Waals surface area (Å²) in [4.78, 5) is 21.7. The zero-order valence-corrected chi connectivity index (χ0v) is 13.2. The summed E-state index contributed by atoms with van der Waals surface area (Å²) in [5, 5.41) is 12.2. The first-order valence-corrected chi connectivity index (χ1v) is 8.14. The van der Waals surface area contributed by atoms with Crippen LogP contribution in [0.2, 0.25) is 0 Å². The fourth-order valence-electron chi connectivity index (χ4n) is 3.03. The third kappa shape index (κ3) is 2.24. The van der Waals surface area contributed by atoms with Crippen LogP contribution < -0.4 is 4.74 Å². The molecule has 2 aromatic heterocycles. The van der Waals surface area contributed by atoms with Crippen molar-refractivity contribution in [3.63, 3.8) is 0 Å². The Morgan fingerprint density at radius 1 is 1.30 bits per heavy atom. The molecule has 0 fully saturated rings. The zero-order valence-electron chi connectivity index (χ0n) is 12.4. The predicted molar refractivity (Wildman–Crippen MR) is 87.3 cm³/mol. The molecule has 0 saturated carbocycles. The van der Waals surface area contributed by atoms with E-state index in [2.05, 4.69) is 9.97 Å². The van der Waals surface area contributed by atoms with Crippen LogP contribution in [-0.2, 0) is 12.8 Å². The van der Waals surface area contributed by atoms with Gasteiger partial charge >= 0.3 is 5.69 Å². The molecule has 3 aromatic rings. The van der Waals surface area contributed by atoms with E-state index in [1.54, 1.807) is 36.5 Å². The first-order valence-electron chi connectivity index (χ1n) is 7.32. The Kier molecular flexibility index (Phi) is 3.23. The third-order valence-corrected chi connectivity index (χ3v) is 5.26. The number of aryl methyl sites for hydroxylation is 3. The lowest BCUT2D eigenvalue weighted by Crippen LogP contribution is -1.98. The molecule has 4 rings (SSSR count). The minimum atomic E-state index is -0.416. The van der Waals surface area contributed by atoms with Crippen molar-refractivity contribution in [2.24, 2.45) is 0 Å². The average Bonchev–Trinajstić information content (AvgIpc) is 3.07. The van der Waals surface area contributed by atoms with Crippen LogP contribution >= 0.6 is 11.3 Å². The van der Waals surface area contributed by atoms with Gasteiger partial charge in [-0.2, -0.15) is 0 Å². The van der Waals surface area contributed by atoms with Crippen molar-refractivity contribution < 1.29 is 9.66 Å². The van der Waals surface area contributed by atoms with Crippen LogP contribution in [-0.4, -0.2) is 14.9 Å². The van der Waals surface area contributed by atoms with Crippen LogP contribution in [0.15, 0.2) is 24.5 Å². The topological polar surface area (TPSA) is 78.2 Å². The number of nitrogens with zero attached hydrogens (tertiary/aromatic N) is 3. The lowest BCUT2D eigenvalue weighted by molar-refractivity contribution is -0.386. The highest BCUT2D eigenvalue weighted by atomic mass is 32.1. The fourth-order valence-corrected chi connectivity index (χ4v) is 4.25. The summed E-state index contributed by atoms with van der Waals surface area (Å²) in [5.41, 5.74) is 1.77. The molecular formula is C16H13N3O3S. The number of benzene rings is 1. The molecule has 7 heteroatoms. The minimum absolute atomic E-state index is 0.0221. The Bertz CT molecular complexity index is 936. The SMILES string of the molecule is Cc1cccc(Oc2ncnc3sc4c(c23)CCC4)c1[N+](=O)[O-]. The van der Waals surface area contributed by atoms with Gasteiger partial charge in [0.15, 0.2) is 0 Å². The highest BCUT2D eigenvalue weighted by molar-refractivity contribution is 7.18. The maximum absolute atomic E-state index is 11.3. The molecule has 0 bridgehead atoms. The number of rotatable bonds is 3. The van der Waals surface area contributed by atoms with Crippen LogP contribution in [0.1, 0.15) is 22.4 Å². The number of ether oxygens (including phenoxy) is 1. The van der Waals surface area contributed by atoms with E-state index in [1.165, 1.54) is 16.8 Å². The third-order valence-electron chi connectivity index (χ3n) is 4.06. The zero-order chi connectivity index (χ0) is 16.0. The van der Waals surface area contributed by atoms with Crippen molar-refractivity contribution in [1.29, 1.82) is 0 Å². The smallest absolute Gasteiger partial charge is 0.314 e. The molecule has 116 valence electrons. The quantitative estimate of drug-likeness (QED) is 0.532. The molecule has 23 heavy (non-hydrogen) atoms. The van der Waals surface area contributed by atoms with E-state index in [0.717, 1.165) is 29.5 Å². The van der Waals surface area contributed by atoms with Crippen LogP contribution in [0.5, 0.6) is 11.6 Å². The summed E-state index contributed by atoms with van der Waals surface area (Å²) in [5.74, 6) is 0.621. The van der Waals surface area contributed by atoms with E-state index in [4.69, 9.17) is 4.74 Å². The van der Waals surface area contributed by atoms with Crippen LogP contribution in [0.25, 0.3) is 10.2 Å². The van der Waals surface area contributed by atoms with Crippen molar-refractivity contribution in [3.05, 3.63) is 50.6 Å². The molecule has 6 nitrogen and oxygen atoms in total. The molecular weight excluding hydrogens is 314 g/mol. The normalized spacial score (nSPS) is 13.3. The molecule has 1 aromatic carbocycles. The van der Waals surface area contributed by atoms with Crippen molar-refractivity contribution in [2.45, 2.75) is 26.2 Å². The Morgan fingerprint density at radius 2 is 2.17 bits per heavy atom. The molecule has 2 heterocycles. The Morgan fingerprint density at radius 3 is 3.00 bits per heavy atom. The van der Waals surface area contributed by atoms with E-state index in [-0.39, 0.29) is 11.4 Å². The second-order valence-corrected chi connectivity index (χ2v) is 6.58. The summed E-state index contributed by atoms with van der Waals surface area (Å²) >= 11 is 1.66. The van der Waals surface area contributed by atoms with Gasteiger partial charge in [-0.05, 0) is 37.8 Å². The van der Waals surface area contributed by atoms with Gasteiger partial charge in [-0.3, -0.25) is 10.1 Å². The second-order valence-electron chi connectivity index (χ2n) is 5.50. The second kappa shape index (κ2) is 5.27. The first-order chi connectivity index (χ1) is 11.1. The maximum atomic E-state index is 11.3. The Hall–Kier alpha value is -2.54. The first kappa shape index (κ1) is 14.1. The molecule has 0 amide bonds. The van der Waals surface area contributed by atoms with Gasteiger partial charge in [-0.15, -0.1) is 11.3 Å². The molecule has 0 radical (unpaired) electrons. The maximum Gasteiger partial charge on any atom is 0.314 e. The standard InChI is InChI=1S/C16H13N3O3S/c1-9-4-2-6-11(14(9)19(20)21)22-15-13-10-5-3-7-12(10)23-16(13)18-8-17-15/h2,4,6,8H,3,5,7H2,1H3. The van der Waals surface area contributed by atoms with Crippen LogP contribution in [0.4, 0.5) is 5.69 Å². The number of aromatic nitrogens is 2. The van der Waals surface area contributed by atoms with E-state index >= 15 is 0 Å². The molecule has 0 aliphatic heterocycles. The summed E-state index contributed by atoms with van der Waals surface area (Å²) < 4.78 is 5.86. The number of thiophene rings is 1. The summed E-state index contributed by atoms with van der Waals surface area (Å²) in [7, 11) is 0. The monoisotopic (exact) mass is 327 g/mol. The number of nitro benzene ring substituents is 1. The molecule has 0 spiro atoms. The number of nitro groups is 1. The molecule has 0 atom stereocenters. The minimum Gasteiger partial charge on any atom is -0.431 e. The van der Waals surface area contributed by atoms with E-state index in [0.29, 0.717) is 11.4 Å². The summed E-state index contributed by atoms with van der Waals surface area (Å²) in [6.45, 7) is 1.70. The van der Waals surface area contributed by atoms with Gasteiger partial charge < -0.3 is 4.74 Å². The van der Waals surface area contributed by atoms with Gasteiger partial charge in [0.1, 0.15) is 11.2 Å². The molecule has 0 N–H and O–H groups in total. The van der Waals surface area contributed by atoms with Crippen molar-refractivity contribution in [2.75, 3.05) is 0 Å². The van der Waals surface area contributed by atoms with Gasteiger partial charge in [0, 0.05) is 10.4 Å². The van der Waals surface area contributed by atoms with E-state index < -0.39 is 4.92 Å². The molecule has 1 aliphatic carbocycles. The lowest BCUT2D eigenvalue weighted by Gasteiger charge is -2.08. The van der Waals surface area contributed by atoms with Gasteiger partial charge in [0.2, 0.25) is 11.6 Å². The van der Waals surface area contributed by atoms with Gasteiger partial charge in [0.25, 0.3) is 0 Å². The number of para-hydroxylation sites is 1. The number of hydrogen-bond donors (Lipinski definition) is 0. The lowest BCUT2D eigenvalue weighted by atomic mass is 10.2. The Balaban J connectivity index is 1.86. The Labute approximate surface area is 135 Å². The molecule has 0 saturated heterocycles. The van der Waals surface area contributed by atoms with Crippen molar-refractivity contribution in [1.82, 2.24) is 9.97 Å². The fraction of sp³-hybridized carbons (Fsp3) is 0.250. The highest BCUT2D eigenvalue weighted by Gasteiger charge is 2.24. The van der Waals surface area contributed by atoms with E-state index in [1.807, 2.05) is 0 Å². The van der Waals surface area contributed by atoms with E-state index in [9.17, 15) is 10.1 Å². The van der Waals surface area contributed by atoms with Crippen LogP contribution in [0, 0.1) is 17.0 Å². The average molecular weight is 327 g/mol. The van der Waals surface area contributed by atoms with Gasteiger partial charge in [0.05, 0.1) is 10.3 Å². The van der Waals surface area contributed by atoms with Crippen LogP contribution in [0.3, 0.4) is 0 Å². The summed E-state index contributed by atoms with van der Waals surface area (Å²) in [6, 6.07) is 5.04. The molecule has 0 unspecified atom stereocenters. The van der Waals surface area contributed by atoms with Gasteiger partial charge in [-0.1, -0.05) is 12.1 Å². The highest BCUT2D eigenvalue weighted by Crippen LogP contribution is 2.42. The van der Waals surface area contributed by atoms with Crippen molar-refractivity contribution >= 4 is 27.2 Å². The number of fused-ring (bicyclic) bond motifs is 3.